The molecule has 1 aromatic carbocycles. The molecule has 1 aliphatic rings. The van der Waals surface area contributed by atoms with Gasteiger partial charge in [-0.1, -0.05) is 0 Å². The van der Waals surface area contributed by atoms with Gasteiger partial charge in [-0.3, -0.25) is 10.1 Å². The van der Waals surface area contributed by atoms with Crippen molar-refractivity contribution in [2.75, 3.05) is 19.5 Å². The summed E-state index contributed by atoms with van der Waals surface area (Å²) in [4.78, 5) is 16.4. The summed E-state index contributed by atoms with van der Waals surface area (Å²) in [7, 11) is 3.18. The summed E-state index contributed by atoms with van der Waals surface area (Å²) in [5.41, 5.74) is 1.90. The first-order chi connectivity index (χ1) is 11.2. The number of amides is 1. The van der Waals surface area contributed by atoms with E-state index in [1.54, 1.807) is 26.4 Å². The molecule has 0 aliphatic heterocycles. The van der Waals surface area contributed by atoms with Crippen LogP contribution in [0.2, 0.25) is 0 Å². The minimum absolute atomic E-state index is 0.209. The van der Waals surface area contributed by atoms with Gasteiger partial charge >= 0.3 is 0 Å². The lowest BCUT2D eigenvalue weighted by molar-refractivity contribution is -0.111. The smallest absolute Gasteiger partial charge is 0.250 e. The minimum Gasteiger partial charge on any atom is -0.497 e. The van der Waals surface area contributed by atoms with Gasteiger partial charge in [0.2, 0.25) is 5.91 Å². The zero-order chi connectivity index (χ0) is 16.2. The zero-order valence-electron chi connectivity index (χ0n) is 13.0. The van der Waals surface area contributed by atoms with Gasteiger partial charge in [0.15, 0.2) is 5.13 Å². The van der Waals surface area contributed by atoms with Gasteiger partial charge in [-0.2, -0.15) is 0 Å². The highest BCUT2D eigenvalue weighted by molar-refractivity contribution is 7.14. The maximum atomic E-state index is 12.0. The molecule has 23 heavy (non-hydrogen) atoms. The summed E-state index contributed by atoms with van der Waals surface area (Å²) in [5, 5.41) is 5.45. The Labute approximate surface area is 139 Å². The fraction of sp³-hybridized carbons (Fsp3) is 0.294. The van der Waals surface area contributed by atoms with Gasteiger partial charge in [-0.25, -0.2) is 4.98 Å². The van der Waals surface area contributed by atoms with E-state index in [2.05, 4.69) is 10.3 Å². The van der Waals surface area contributed by atoms with Crippen LogP contribution in [0.3, 0.4) is 0 Å². The third kappa shape index (κ3) is 3.90. The van der Waals surface area contributed by atoms with Gasteiger partial charge in [-0.05, 0) is 31.1 Å². The largest absolute Gasteiger partial charge is 0.497 e. The maximum absolute atomic E-state index is 12.0. The highest BCUT2D eigenvalue weighted by Gasteiger charge is 2.26. The van der Waals surface area contributed by atoms with E-state index in [4.69, 9.17) is 9.47 Å². The van der Waals surface area contributed by atoms with Gasteiger partial charge in [0, 0.05) is 29.0 Å². The predicted octanol–water partition coefficient (Wildman–Crippen LogP) is 3.69. The first kappa shape index (κ1) is 15.6. The summed E-state index contributed by atoms with van der Waals surface area (Å²) in [6, 6.07) is 5.44. The van der Waals surface area contributed by atoms with Gasteiger partial charge < -0.3 is 9.47 Å². The van der Waals surface area contributed by atoms with Gasteiger partial charge in [0.05, 0.1) is 19.9 Å². The average molecular weight is 330 g/mol. The van der Waals surface area contributed by atoms with Crippen LogP contribution in [0.5, 0.6) is 11.5 Å². The Morgan fingerprint density at radius 3 is 2.87 bits per heavy atom. The van der Waals surface area contributed by atoms with Crippen molar-refractivity contribution in [3.8, 4) is 11.5 Å². The Kier molecular flexibility index (Phi) is 4.62. The van der Waals surface area contributed by atoms with Gasteiger partial charge in [0.25, 0.3) is 0 Å². The lowest BCUT2D eigenvalue weighted by Crippen LogP contribution is -2.07. The van der Waals surface area contributed by atoms with Crippen molar-refractivity contribution in [3.05, 3.63) is 40.9 Å². The second-order valence-corrected chi connectivity index (χ2v) is 6.14. The molecule has 1 amide bonds. The summed E-state index contributed by atoms with van der Waals surface area (Å²) in [5.74, 6) is 1.74. The standard InChI is InChI=1S/C17H18N2O3S/c1-21-13-7-5-12(15(9-13)22-2)6-8-16(20)19-17-18-14(10-23-17)11-3-4-11/h5-11H,3-4H2,1-2H3,(H,18,19,20)/b8-6+. The number of rotatable bonds is 6. The number of hydrogen-bond donors (Lipinski definition) is 1. The fourth-order valence-corrected chi connectivity index (χ4v) is 2.97. The first-order valence-corrected chi connectivity index (χ1v) is 8.24. The molecule has 1 aliphatic carbocycles. The molecule has 0 unspecified atom stereocenters. The lowest BCUT2D eigenvalue weighted by atomic mass is 10.1. The van der Waals surface area contributed by atoms with E-state index >= 15 is 0 Å². The number of methoxy groups -OCH3 is 2. The quantitative estimate of drug-likeness (QED) is 0.821. The van der Waals surface area contributed by atoms with Crippen molar-refractivity contribution in [3.63, 3.8) is 0 Å². The summed E-state index contributed by atoms with van der Waals surface area (Å²) < 4.78 is 10.5. The van der Waals surface area contributed by atoms with E-state index in [1.807, 2.05) is 17.5 Å². The number of nitrogens with zero attached hydrogens (tertiary/aromatic N) is 1. The van der Waals surface area contributed by atoms with Crippen LogP contribution in [-0.4, -0.2) is 25.1 Å². The van der Waals surface area contributed by atoms with E-state index in [9.17, 15) is 4.79 Å². The minimum atomic E-state index is -0.209. The summed E-state index contributed by atoms with van der Waals surface area (Å²) in [6.07, 6.45) is 5.59. The van der Waals surface area contributed by atoms with Crippen LogP contribution < -0.4 is 14.8 Å². The number of ether oxygens (including phenoxy) is 2. The number of carbonyl (C=O) groups is 1. The SMILES string of the molecule is COc1ccc(/C=C/C(=O)Nc2nc(C3CC3)cs2)c(OC)c1. The van der Waals surface area contributed by atoms with E-state index in [0.717, 1.165) is 11.3 Å². The molecular weight excluding hydrogens is 312 g/mol. The maximum Gasteiger partial charge on any atom is 0.250 e. The van der Waals surface area contributed by atoms with E-state index < -0.39 is 0 Å². The number of anilines is 1. The predicted molar refractivity (Wildman–Crippen MR) is 91.3 cm³/mol. The molecule has 0 bridgehead atoms. The third-order valence-electron chi connectivity index (χ3n) is 3.60. The van der Waals surface area contributed by atoms with Crippen LogP contribution in [0.25, 0.3) is 6.08 Å². The molecule has 3 rings (SSSR count). The monoisotopic (exact) mass is 330 g/mol. The van der Waals surface area contributed by atoms with Crippen LogP contribution in [0.4, 0.5) is 5.13 Å². The van der Waals surface area contributed by atoms with Gasteiger partial charge in [0.1, 0.15) is 11.5 Å². The Hall–Kier alpha value is -2.34. The normalized spacial score (nSPS) is 14.0. The highest BCUT2D eigenvalue weighted by atomic mass is 32.1. The van der Waals surface area contributed by atoms with Crippen LogP contribution in [0, 0.1) is 0 Å². The molecule has 2 aromatic rings. The van der Waals surface area contributed by atoms with Crippen LogP contribution in [0.1, 0.15) is 30.0 Å². The molecule has 1 heterocycles. The van der Waals surface area contributed by atoms with Crippen LogP contribution >= 0.6 is 11.3 Å². The van der Waals surface area contributed by atoms with Crippen molar-refractivity contribution < 1.29 is 14.3 Å². The number of benzene rings is 1. The molecule has 0 atom stereocenters. The Balaban J connectivity index is 1.65. The number of nitrogens with one attached hydrogen (secondary N) is 1. The second-order valence-electron chi connectivity index (χ2n) is 5.28. The topological polar surface area (TPSA) is 60.5 Å². The highest BCUT2D eigenvalue weighted by Crippen LogP contribution is 2.40. The molecule has 6 heteroatoms. The fourth-order valence-electron chi connectivity index (χ4n) is 2.18. The molecule has 5 nitrogen and oxygen atoms in total. The van der Waals surface area contributed by atoms with Crippen molar-refractivity contribution in [1.29, 1.82) is 0 Å². The van der Waals surface area contributed by atoms with Crippen molar-refractivity contribution in [1.82, 2.24) is 4.98 Å². The van der Waals surface area contributed by atoms with Crippen LogP contribution in [0.15, 0.2) is 29.7 Å². The van der Waals surface area contributed by atoms with Crippen molar-refractivity contribution >= 4 is 28.5 Å². The summed E-state index contributed by atoms with van der Waals surface area (Å²) in [6.45, 7) is 0. The number of aromatic nitrogens is 1. The second kappa shape index (κ2) is 6.83. The Morgan fingerprint density at radius 2 is 2.17 bits per heavy atom. The molecule has 0 saturated heterocycles. The Morgan fingerprint density at radius 1 is 1.35 bits per heavy atom. The van der Waals surface area contributed by atoms with Crippen molar-refractivity contribution in [2.45, 2.75) is 18.8 Å². The molecule has 120 valence electrons. The van der Waals surface area contributed by atoms with E-state index in [-0.39, 0.29) is 5.91 Å². The molecule has 1 saturated carbocycles. The third-order valence-corrected chi connectivity index (χ3v) is 4.38. The molecule has 1 aromatic heterocycles. The molecule has 0 radical (unpaired) electrons. The average Bonchev–Trinajstić information content (AvgIpc) is 3.32. The number of thiazole rings is 1. The van der Waals surface area contributed by atoms with Gasteiger partial charge in [-0.15, -0.1) is 11.3 Å². The zero-order valence-corrected chi connectivity index (χ0v) is 13.9. The lowest BCUT2D eigenvalue weighted by Gasteiger charge is -2.07. The molecular formula is C17H18N2O3S. The van der Waals surface area contributed by atoms with E-state index in [0.29, 0.717) is 22.5 Å². The van der Waals surface area contributed by atoms with E-state index in [1.165, 1.54) is 30.3 Å². The first-order valence-electron chi connectivity index (χ1n) is 7.36. The van der Waals surface area contributed by atoms with Crippen LogP contribution in [-0.2, 0) is 4.79 Å². The Bertz CT molecular complexity index is 735. The number of carbonyl (C=O) groups excluding carboxylic acids is 1. The summed E-state index contributed by atoms with van der Waals surface area (Å²) >= 11 is 1.46. The molecule has 0 spiro atoms. The molecule has 1 N–H and O–H groups in total. The van der Waals surface area contributed by atoms with Crippen molar-refractivity contribution in [2.24, 2.45) is 0 Å². The molecule has 1 fully saturated rings. The number of hydrogen-bond acceptors (Lipinski definition) is 5.